The lowest BCUT2D eigenvalue weighted by Crippen LogP contribution is -1.95. The lowest BCUT2D eigenvalue weighted by Gasteiger charge is -2.11. The van der Waals surface area contributed by atoms with Crippen molar-refractivity contribution in [3.63, 3.8) is 0 Å². The van der Waals surface area contributed by atoms with E-state index in [2.05, 4.69) is 25.8 Å². The first-order valence-electron chi connectivity index (χ1n) is 10.4. The highest BCUT2D eigenvalue weighted by atomic mass is 14.1. The predicted octanol–water partition coefficient (Wildman–Crippen LogP) is 8.07. The SMILES string of the molecule is C#C/C=C\CCCCCCCCCC(C)CCCCCCCC. The smallest absolute Gasteiger partial charge is 0.0162 e. The standard InChI is InChI=1S/C23H42/c1-4-6-8-10-12-13-14-15-16-18-20-22-23(3)21-19-17-11-9-7-5-2/h1,6,8,23H,5,7,9-22H2,2-3H3/b8-6-. The van der Waals surface area contributed by atoms with E-state index < -0.39 is 0 Å². The van der Waals surface area contributed by atoms with Crippen LogP contribution in [0.25, 0.3) is 0 Å². The molecule has 0 heteroatoms. The number of rotatable bonds is 17. The van der Waals surface area contributed by atoms with Crippen molar-refractivity contribution in [1.82, 2.24) is 0 Å². The number of terminal acetylenes is 1. The van der Waals surface area contributed by atoms with E-state index in [0.717, 1.165) is 12.3 Å². The van der Waals surface area contributed by atoms with Gasteiger partial charge in [0.2, 0.25) is 0 Å². The van der Waals surface area contributed by atoms with Crippen LogP contribution in [0.15, 0.2) is 12.2 Å². The van der Waals surface area contributed by atoms with Gasteiger partial charge in [0.15, 0.2) is 0 Å². The lowest BCUT2D eigenvalue weighted by molar-refractivity contribution is 0.431. The molecule has 134 valence electrons. The molecule has 23 heavy (non-hydrogen) atoms. The van der Waals surface area contributed by atoms with Crippen LogP contribution < -0.4 is 0 Å². The van der Waals surface area contributed by atoms with Crippen LogP contribution in [0, 0.1) is 18.3 Å². The fraction of sp³-hybridized carbons (Fsp3) is 0.826. The van der Waals surface area contributed by atoms with Gasteiger partial charge in [-0.3, -0.25) is 0 Å². The van der Waals surface area contributed by atoms with Crippen LogP contribution in [-0.4, -0.2) is 0 Å². The van der Waals surface area contributed by atoms with E-state index in [1.54, 1.807) is 0 Å². The van der Waals surface area contributed by atoms with Gasteiger partial charge in [-0.25, -0.2) is 0 Å². The summed E-state index contributed by atoms with van der Waals surface area (Å²) in [6.07, 6.45) is 31.6. The molecule has 0 nitrogen and oxygen atoms in total. The van der Waals surface area contributed by atoms with Crippen molar-refractivity contribution < 1.29 is 0 Å². The van der Waals surface area contributed by atoms with Crippen molar-refractivity contribution in [2.45, 2.75) is 117 Å². The van der Waals surface area contributed by atoms with Crippen LogP contribution >= 0.6 is 0 Å². The third kappa shape index (κ3) is 19.3. The fourth-order valence-corrected chi connectivity index (χ4v) is 3.21. The van der Waals surface area contributed by atoms with Crippen LogP contribution in [0.4, 0.5) is 0 Å². The topological polar surface area (TPSA) is 0 Å². The Bertz CT molecular complexity index is 281. The van der Waals surface area contributed by atoms with Gasteiger partial charge in [-0.1, -0.05) is 116 Å². The molecule has 0 radical (unpaired) electrons. The second kappa shape index (κ2) is 19.3. The van der Waals surface area contributed by atoms with Gasteiger partial charge in [-0.2, -0.15) is 0 Å². The molecule has 0 aromatic carbocycles. The predicted molar refractivity (Wildman–Crippen MR) is 107 cm³/mol. The molecule has 0 fully saturated rings. The zero-order valence-electron chi connectivity index (χ0n) is 16.1. The van der Waals surface area contributed by atoms with E-state index in [1.165, 1.54) is 96.3 Å². The second-order valence-electron chi connectivity index (χ2n) is 7.28. The van der Waals surface area contributed by atoms with Crippen molar-refractivity contribution in [2.75, 3.05) is 0 Å². The molecule has 1 unspecified atom stereocenters. The number of allylic oxidation sites excluding steroid dienone is 2. The molecule has 0 aliphatic rings. The highest BCUT2D eigenvalue weighted by Crippen LogP contribution is 2.18. The maximum absolute atomic E-state index is 5.17. The first-order valence-corrected chi connectivity index (χ1v) is 10.4. The molecule has 1 atom stereocenters. The minimum absolute atomic E-state index is 0.948. The van der Waals surface area contributed by atoms with Crippen LogP contribution in [0.5, 0.6) is 0 Å². The normalized spacial score (nSPS) is 12.6. The molecule has 0 N–H and O–H groups in total. The Labute approximate surface area is 147 Å². The van der Waals surface area contributed by atoms with Crippen LogP contribution in [0.2, 0.25) is 0 Å². The van der Waals surface area contributed by atoms with E-state index in [1.807, 2.05) is 6.08 Å². The van der Waals surface area contributed by atoms with Crippen molar-refractivity contribution in [3.8, 4) is 12.3 Å². The zero-order valence-corrected chi connectivity index (χ0v) is 16.1. The second-order valence-corrected chi connectivity index (χ2v) is 7.28. The van der Waals surface area contributed by atoms with Crippen molar-refractivity contribution >= 4 is 0 Å². The van der Waals surface area contributed by atoms with Gasteiger partial charge in [-0.15, -0.1) is 6.42 Å². The zero-order chi connectivity index (χ0) is 17.0. The molecule has 0 saturated heterocycles. The van der Waals surface area contributed by atoms with Gasteiger partial charge in [0.05, 0.1) is 0 Å². The Morgan fingerprint density at radius 2 is 1.22 bits per heavy atom. The number of hydrogen-bond donors (Lipinski definition) is 0. The number of unbranched alkanes of at least 4 members (excludes halogenated alkanes) is 12. The summed E-state index contributed by atoms with van der Waals surface area (Å²) < 4.78 is 0. The van der Waals surface area contributed by atoms with E-state index in [9.17, 15) is 0 Å². The van der Waals surface area contributed by atoms with E-state index in [4.69, 9.17) is 6.42 Å². The third-order valence-corrected chi connectivity index (χ3v) is 4.83. The summed E-state index contributed by atoms with van der Waals surface area (Å²) in [5, 5.41) is 0. The Hall–Kier alpha value is -0.700. The molecule has 0 heterocycles. The van der Waals surface area contributed by atoms with Gasteiger partial charge in [0.1, 0.15) is 0 Å². The van der Waals surface area contributed by atoms with Gasteiger partial charge in [0, 0.05) is 0 Å². The van der Waals surface area contributed by atoms with E-state index >= 15 is 0 Å². The summed E-state index contributed by atoms with van der Waals surface area (Å²) in [4.78, 5) is 0. The lowest BCUT2D eigenvalue weighted by atomic mass is 9.96. The highest BCUT2D eigenvalue weighted by molar-refractivity contribution is 5.08. The van der Waals surface area contributed by atoms with Gasteiger partial charge >= 0.3 is 0 Å². The maximum Gasteiger partial charge on any atom is -0.0162 e. The minimum Gasteiger partial charge on any atom is -0.115 e. The van der Waals surface area contributed by atoms with Gasteiger partial charge in [0.25, 0.3) is 0 Å². The summed E-state index contributed by atoms with van der Waals surface area (Å²) >= 11 is 0. The maximum atomic E-state index is 5.17. The van der Waals surface area contributed by atoms with E-state index in [-0.39, 0.29) is 0 Å². The van der Waals surface area contributed by atoms with Gasteiger partial charge in [-0.05, 0) is 24.8 Å². The Morgan fingerprint density at radius 3 is 1.74 bits per heavy atom. The first-order chi connectivity index (χ1) is 11.3. The van der Waals surface area contributed by atoms with Gasteiger partial charge < -0.3 is 0 Å². The molecule has 0 aliphatic heterocycles. The van der Waals surface area contributed by atoms with Crippen LogP contribution in [-0.2, 0) is 0 Å². The quantitative estimate of drug-likeness (QED) is 0.188. The molecule has 0 saturated carbocycles. The summed E-state index contributed by atoms with van der Waals surface area (Å²) in [5.41, 5.74) is 0. The summed E-state index contributed by atoms with van der Waals surface area (Å²) in [6.45, 7) is 4.75. The van der Waals surface area contributed by atoms with Crippen LogP contribution in [0.3, 0.4) is 0 Å². The minimum atomic E-state index is 0.948. The first kappa shape index (κ1) is 22.3. The molecular formula is C23H42. The Balaban J connectivity index is 3.16. The third-order valence-electron chi connectivity index (χ3n) is 4.83. The average molecular weight is 319 g/mol. The molecule has 0 amide bonds. The molecular weight excluding hydrogens is 276 g/mol. The van der Waals surface area contributed by atoms with Crippen LogP contribution in [0.1, 0.15) is 117 Å². The molecule has 0 rings (SSSR count). The number of hydrogen-bond acceptors (Lipinski definition) is 0. The van der Waals surface area contributed by atoms with Crippen molar-refractivity contribution in [3.05, 3.63) is 12.2 Å². The summed E-state index contributed by atoms with van der Waals surface area (Å²) in [7, 11) is 0. The van der Waals surface area contributed by atoms with Crippen molar-refractivity contribution in [2.24, 2.45) is 5.92 Å². The Kier molecular flexibility index (Phi) is 18.8. The molecule has 0 aromatic rings. The van der Waals surface area contributed by atoms with Crippen molar-refractivity contribution in [1.29, 1.82) is 0 Å². The fourth-order valence-electron chi connectivity index (χ4n) is 3.21. The molecule has 0 aliphatic carbocycles. The average Bonchev–Trinajstić information content (AvgIpc) is 2.56. The molecule has 0 spiro atoms. The molecule has 0 aromatic heterocycles. The summed E-state index contributed by atoms with van der Waals surface area (Å²) in [6, 6.07) is 0. The van der Waals surface area contributed by atoms with E-state index in [0.29, 0.717) is 0 Å². The monoisotopic (exact) mass is 318 g/mol. The largest absolute Gasteiger partial charge is 0.115 e. The Morgan fingerprint density at radius 1 is 0.739 bits per heavy atom. The highest BCUT2D eigenvalue weighted by Gasteiger charge is 2.02. The summed E-state index contributed by atoms with van der Waals surface area (Å²) in [5.74, 6) is 3.49. The molecule has 0 bridgehead atoms.